The van der Waals surface area contributed by atoms with Gasteiger partial charge < -0.3 is 0 Å². The molecule has 0 radical (unpaired) electrons. The number of aromatic nitrogens is 3. The van der Waals surface area contributed by atoms with Crippen molar-refractivity contribution in [2.45, 2.75) is 81.0 Å². The van der Waals surface area contributed by atoms with E-state index in [4.69, 9.17) is 31.3 Å². The molecule has 1 heterocycles. The molecule has 3 atom stereocenters. The van der Waals surface area contributed by atoms with Crippen molar-refractivity contribution in [3.8, 4) is 5.75 Å². The Kier molecular flexibility index (Phi) is 8.59. The number of halogens is 1. The molecule has 1 aromatic carbocycles. The summed E-state index contributed by atoms with van der Waals surface area (Å²) in [6.07, 6.45) is 12.5. The summed E-state index contributed by atoms with van der Waals surface area (Å²) in [5, 5.41) is 7.49. The zero-order valence-corrected chi connectivity index (χ0v) is 22.9. The molecule has 2 saturated carbocycles. The van der Waals surface area contributed by atoms with E-state index in [0.29, 0.717) is 39.5 Å². The molecule has 0 amide bonds. The molecular formula is C24H36AsClN6O. The van der Waals surface area contributed by atoms with E-state index >= 15 is 0 Å². The van der Waals surface area contributed by atoms with Crippen LogP contribution in [0.4, 0.5) is 23.5 Å². The van der Waals surface area contributed by atoms with E-state index in [1.165, 1.54) is 51.4 Å². The van der Waals surface area contributed by atoms with Crippen LogP contribution in [0.3, 0.4) is 0 Å². The molecule has 1 aromatic heterocycles. The first kappa shape index (κ1) is 24.4. The van der Waals surface area contributed by atoms with E-state index < -0.39 is 0 Å². The summed E-state index contributed by atoms with van der Waals surface area (Å²) in [5.74, 6) is 2.54. The summed E-state index contributed by atoms with van der Waals surface area (Å²) < 4.78 is 5.96. The van der Waals surface area contributed by atoms with Gasteiger partial charge in [-0.15, -0.1) is 0 Å². The number of hydrogen-bond donors (Lipinski definition) is 2. The van der Waals surface area contributed by atoms with Gasteiger partial charge in [0, 0.05) is 0 Å². The number of methoxy groups -OCH3 is 1. The van der Waals surface area contributed by atoms with Crippen LogP contribution < -0.4 is 20.3 Å². The third-order valence-electron chi connectivity index (χ3n) is 6.81. The fraction of sp³-hybridized carbons (Fsp3) is 0.625. The number of ether oxygens (including phenoxy) is 1. The van der Waals surface area contributed by atoms with Crippen LogP contribution in [0.15, 0.2) is 18.2 Å². The number of hydrogen-bond acceptors (Lipinski definition) is 7. The van der Waals surface area contributed by atoms with Crippen LogP contribution in [-0.2, 0) is 0 Å². The molecular weight excluding hydrogens is 499 g/mol. The Hall–Kier alpha value is -1.72. The fourth-order valence-corrected chi connectivity index (χ4v) is 6.59. The van der Waals surface area contributed by atoms with Crippen molar-refractivity contribution in [2.75, 3.05) is 29.7 Å². The van der Waals surface area contributed by atoms with Gasteiger partial charge in [0.2, 0.25) is 0 Å². The van der Waals surface area contributed by atoms with Gasteiger partial charge in [0.05, 0.1) is 7.11 Å². The maximum atomic E-state index is 6.33. The van der Waals surface area contributed by atoms with Crippen LogP contribution in [-0.4, -0.2) is 58.0 Å². The van der Waals surface area contributed by atoms with Crippen molar-refractivity contribution < 1.29 is 4.74 Å². The first-order valence-electron chi connectivity index (χ1n) is 12.1. The van der Waals surface area contributed by atoms with Crippen molar-refractivity contribution in [1.82, 2.24) is 15.0 Å². The van der Waals surface area contributed by atoms with Crippen LogP contribution in [0.25, 0.3) is 0 Å². The van der Waals surface area contributed by atoms with E-state index in [2.05, 4.69) is 22.6 Å². The minimum absolute atomic E-state index is 0.410. The van der Waals surface area contributed by atoms with Crippen molar-refractivity contribution in [2.24, 2.45) is 0 Å². The monoisotopic (exact) mass is 534 g/mol. The molecule has 2 N–H and O–H groups in total. The number of anilines is 4. The summed E-state index contributed by atoms with van der Waals surface area (Å²) in [4.78, 5) is 16.7. The summed E-state index contributed by atoms with van der Waals surface area (Å²) in [6, 6.07) is 6.47. The summed E-state index contributed by atoms with van der Waals surface area (Å²) in [7, 11) is 3.74. The summed E-state index contributed by atoms with van der Waals surface area (Å²) in [6.45, 7) is 0. The normalized spacial score (nSPS) is 21.8. The van der Waals surface area contributed by atoms with Crippen molar-refractivity contribution in [1.29, 1.82) is 0 Å². The van der Waals surface area contributed by atoms with Crippen LogP contribution in [0.2, 0.25) is 9.73 Å². The second kappa shape index (κ2) is 11.6. The van der Waals surface area contributed by atoms with Gasteiger partial charge in [-0.25, -0.2) is 0 Å². The van der Waals surface area contributed by atoms with Crippen LogP contribution in [0.1, 0.15) is 64.2 Å². The molecule has 7 nitrogen and oxygen atoms in total. The average Bonchev–Trinajstić information content (AvgIpc) is 3.07. The quantitative estimate of drug-likeness (QED) is 0.373. The van der Waals surface area contributed by atoms with Gasteiger partial charge >= 0.3 is 204 Å². The van der Waals surface area contributed by atoms with Gasteiger partial charge in [-0.3, -0.25) is 0 Å². The predicted octanol–water partition coefficient (Wildman–Crippen LogP) is 5.21. The van der Waals surface area contributed by atoms with E-state index in [9.17, 15) is 0 Å². The molecule has 33 heavy (non-hydrogen) atoms. The topological polar surface area (TPSA) is 75.2 Å². The molecule has 0 bridgehead atoms. The Morgan fingerprint density at radius 1 is 0.970 bits per heavy atom. The summed E-state index contributed by atoms with van der Waals surface area (Å²) >= 11 is 8.16. The molecule has 2 aliphatic carbocycles. The van der Waals surface area contributed by atoms with E-state index in [-0.39, 0.29) is 0 Å². The molecule has 0 spiro atoms. The first-order chi connectivity index (χ1) is 16.0. The maximum absolute atomic E-state index is 6.33. The first-order valence-corrected chi connectivity index (χ1v) is 13.9. The predicted molar refractivity (Wildman–Crippen MR) is 139 cm³/mol. The van der Waals surface area contributed by atoms with E-state index in [1.54, 1.807) is 7.11 Å². The molecule has 2 aliphatic rings. The second-order valence-corrected chi connectivity index (χ2v) is 11.4. The third kappa shape index (κ3) is 6.45. The molecule has 4 rings (SSSR count). The van der Waals surface area contributed by atoms with Crippen molar-refractivity contribution in [3.63, 3.8) is 0 Å². The molecule has 2 aromatic rings. The molecule has 2 fully saturated rings. The Balaban J connectivity index is 1.61. The Morgan fingerprint density at radius 2 is 1.67 bits per heavy atom. The molecule has 9 heteroatoms. The van der Waals surface area contributed by atoms with Gasteiger partial charge in [-0.1, -0.05) is 0 Å². The van der Waals surface area contributed by atoms with Gasteiger partial charge in [-0.2, -0.15) is 0 Å². The number of nitrogens with zero attached hydrogens (tertiary/aromatic N) is 4. The Labute approximate surface area is 211 Å². The van der Waals surface area contributed by atoms with Gasteiger partial charge in [0.1, 0.15) is 0 Å². The zero-order chi connectivity index (χ0) is 23.2. The van der Waals surface area contributed by atoms with E-state index in [1.807, 2.05) is 35.1 Å². The van der Waals surface area contributed by atoms with Crippen LogP contribution >= 0.6 is 11.6 Å². The number of benzene rings is 1. The molecule has 0 saturated heterocycles. The minimum atomic E-state index is 0.410. The van der Waals surface area contributed by atoms with Gasteiger partial charge in [0.15, 0.2) is 0 Å². The van der Waals surface area contributed by atoms with Crippen LogP contribution in [0.5, 0.6) is 5.75 Å². The van der Waals surface area contributed by atoms with Gasteiger partial charge in [-0.05, 0) is 0 Å². The zero-order valence-electron chi connectivity index (χ0n) is 19.7. The Bertz CT molecular complexity index is 924. The molecule has 180 valence electrons. The van der Waals surface area contributed by atoms with E-state index in [0.717, 1.165) is 24.5 Å². The molecule has 3 unspecified atom stereocenters. The Morgan fingerprint density at radius 3 is 2.36 bits per heavy atom. The average molecular weight is 535 g/mol. The third-order valence-corrected chi connectivity index (χ3v) is 8.74. The number of rotatable bonds is 7. The fourth-order valence-electron chi connectivity index (χ4n) is 4.89. The van der Waals surface area contributed by atoms with Crippen molar-refractivity contribution in [3.05, 3.63) is 23.2 Å². The SMILES string of the molecule is COc1ccc(Nc2nc(NC3CCCCCC3)nc(N(C)C3CCCCC3[AsH2])n2)cc1Cl. The second-order valence-electron chi connectivity index (χ2n) is 9.22. The van der Waals surface area contributed by atoms with Crippen molar-refractivity contribution >= 4 is 52.0 Å². The summed E-state index contributed by atoms with van der Waals surface area (Å²) in [5.41, 5.74) is 0.815. The van der Waals surface area contributed by atoms with Crippen LogP contribution in [0, 0.1) is 0 Å². The molecule has 0 aliphatic heterocycles. The number of nitrogens with one attached hydrogen (secondary N) is 2. The standard InChI is InChI=1S/C24H36AsClN6O/c1-32(20-12-8-7-11-18(20)25)24-30-22(27-16-9-5-3-4-6-10-16)29-23(31-24)28-17-13-14-21(33-2)19(26)15-17/h13-16,18,20H,3-12,25H2,1-2H3,(H2,27,28,29,30,31). The van der Waals surface area contributed by atoms with Gasteiger partial charge in [0.25, 0.3) is 0 Å².